The molecule has 90 valence electrons. The summed E-state index contributed by atoms with van der Waals surface area (Å²) in [4.78, 5) is 22.6. The molecule has 17 heavy (non-hydrogen) atoms. The highest BCUT2D eigenvalue weighted by atomic mass is 16.5. The fraction of sp³-hybridized carbons (Fsp3) is 0.273. The molecule has 1 aromatic rings. The molecule has 2 N–H and O–H groups in total. The number of ether oxygens (including phenoxy) is 2. The van der Waals surface area contributed by atoms with Crippen molar-refractivity contribution in [2.75, 3.05) is 14.2 Å². The normalized spacial score (nSPS) is 18.6. The molecule has 1 atom stereocenters. The van der Waals surface area contributed by atoms with Crippen LogP contribution in [0.1, 0.15) is 11.6 Å². The van der Waals surface area contributed by atoms with Gasteiger partial charge in [0.05, 0.1) is 14.2 Å². The summed E-state index contributed by atoms with van der Waals surface area (Å²) < 4.78 is 10.3. The summed E-state index contributed by atoms with van der Waals surface area (Å²) in [6.07, 6.45) is 0. The molecule has 3 amide bonds. The average molecular weight is 236 g/mol. The van der Waals surface area contributed by atoms with E-state index in [1.807, 2.05) is 0 Å². The monoisotopic (exact) mass is 236 g/mol. The third-order valence-electron chi connectivity index (χ3n) is 2.52. The van der Waals surface area contributed by atoms with Crippen molar-refractivity contribution < 1.29 is 19.1 Å². The Morgan fingerprint density at radius 1 is 1.18 bits per heavy atom. The molecule has 6 heteroatoms. The number of amides is 3. The van der Waals surface area contributed by atoms with Gasteiger partial charge in [-0.05, 0) is 6.07 Å². The van der Waals surface area contributed by atoms with E-state index >= 15 is 0 Å². The lowest BCUT2D eigenvalue weighted by Crippen LogP contribution is -2.22. The lowest BCUT2D eigenvalue weighted by Gasteiger charge is -2.15. The zero-order valence-corrected chi connectivity index (χ0v) is 9.44. The molecule has 0 bridgehead atoms. The highest BCUT2D eigenvalue weighted by Crippen LogP contribution is 2.35. The summed E-state index contributed by atoms with van der Waals surface area (Å²) in [6.45, 7) is 0. The standard InChI is InChI=1S/C11H12N2O4/c1-16-7-5-3-4-6(9(7)17-2)8-10(14)13-11(15)12-8/h3-5,8H,1-2H3,(H2,12,13,14,15)/t8-/m1/s1. The zero-order valence-electron chi connectivity index (χ0n) is 9.44. The van der Waals surface area contributed by atoms with Crippen molar-refractivity contribution in [3.63, 3.8) is 0 Å². The SMILES string of the molecule is COc1cccc([C@H]2NC(=O)NC2=O)c1OC. The number of carbonyl (C=O) groups excluding carboxylic acids is 2. The van der Waals surface area contributed by atoms with Gasteiger partial charge in [-0.1, -0.05) is 12.1 Å². The largest absolute Gasteiger partial charge is 0.493 e. The summed E-state index contributed by atoms with van der Waals surface area (Å²) in [6, 6.07) is 3.90. The van der Waals surface area contributed by atoms with Crippen LogP contribution in [0.15, 0.2) is 18.2 Å². The number of rotatable bonds is 3. The van der Waals surface area contributed by atoms with Crippen LogP contribution in [0.2, 0.25) is 0 Å². The molecular weight excluding hydrogens is 224 g/mol. The average Bonchev–Trinajstić information content (AvgIpc) is 2.67. The van der Waals surface area contributed by atoms with Gasteiger partial charge in [0, 0.05) is 5.56 Å². The quantitative estimate of drug-likeness (QED) is 0.753. The molecule has 1 aromatic carbocycles. The van der Waals surface area contributed by atoms with E-state index in [-0.39, 0.29) is 0 Å². The maximum atomic E-state index is 11.6. The first-order valence-electron chi connectivity index (χ1n) is 4.99. The van der Waals surface area contributed by atoms with Crippen molar-refractivity contribution in [1.29, 1.82) is 0 Å². The number of urea groups is 1. The number of nitrogens with one attached hydrogen (secondary N) is 2. The van der Waals surface area contributed by atoms with Crippen LogP contribution in [-0.2, 0) is 4.79 Å². The summed E-state index contributed by atoms with van der Waals surface area (Å²) >= 11 is 0. The highest BCUT2D eigenvalue weighted by molar-refractivity contribution is 6.04. The molecule has 0 saturated carbocycles. The fourth-order valence-electron chi connectivity index (χ4n) is 1.78. The van der Waals surface area contributed by atoms with Crippen LogP contribution in [-0.4, -0.2) is 26.2 Å². The predicted octanol–water partition coefficient (Wildman–Crippen LogP) is 0.584. The second-order valence-electron chi connectivity index (χ2n) is 3.48. The van der Waals surface area contributed by atoms with Gasteiger partial charge in [-0.3, -0.25) is 10.1 Å². The molecule has 1 aliphatic rings. The minimum atomic E-state index is -0.743. The topological polar surface area (TPSA) is 76.7 Å². The minimum absolute atomic E-state index is 0.401. The van der Waals surface area contributed by atoms with Crippen molar-refractivity contribution in [2.24, 2.45) is 0 Å². The van der Waals surface area contributed by atoms with Crippen LogP contribution in [0.5, 0.6) is 11.5 Å². The van der Waals surface area contributed by atoms with Gasteiger partial charge in [-0.15, -0.1) is 0 Å². The molecule has 6 nitrogen and oxygen atoms in total. The molecule has 0 radical (unpaired) electrons. The number of hydrogen-bond acceptors (Lipinski definition) is 4. The van der Waals surface area contributed by atoms with Gasteiger partial charge >= 0.3 is 6.03 Å². The van der Waals surface area contributed by atoms with Crippen molar-refractivity contribution >= 4 is 11.9 Å². The Bertz CT molecular complexity index is 473. The van der Waals surface area contributed by atoms with E-state index in [4.69, 9.17) is 9.47 Å². The van der Waals surface area contributed by atoms with Crippen molar-refractivity contribution in [1.82, 2.24) is 10.6 Å². The highest BCUT2D eigenvalue weighted by Gasteiger charge is 2.33. The number of imide groups is 1. The molecule has 0 aliphatic carbocycles. The first-order valence-corrected chi connectivity index (χ1v) is 4.99. The van der Waals surface area contributed by atoms with E-state index in [1.165, 1.54) is 14.2 Å². The Morgan fingerprint density at radius 3 is 2.47 bits per heavy atom. The van der Waals surface area contributed by atoms with Crippen LogP contribution in [0.3, 0.4) is 0 Å². The summed E-state index contributed by atoms with van der Waals surface area (Å²) in [5, 5.41) is 4.68. The van der Waals surface area contributed by atoms with Gasteiger partial charge in [-0.25, -0.2) is 4.79 Å². The van der Waals surface area contributed by atoms with Crippen LogP contribution in [0.4, 0.5) is 4.79 Å². The molecule has 0 spiro atoms. The molecule has 1 fully saturated rings. The number of para-hydroxylation sites is 1. The van der Waals surface area contributed by atoms with E-state index in [0.717, 1.165) is 0 Å². The Morgan fingerprint density at radius 2 is 1.94 bits per heavy atom. The van der Waals surface area contributed by atoms with Gasteiger partial charge in [0.25, 0.3) is 5.91 Å². The molecule has 1 heterocycles. The van der Waals surface area contributed by atoms with Gasteiger partial charge < -0.3 is 14.8 Å². The Balaban J connectivity index is 2.44. The van der Waals surface area contributed by atoms with Crippen molar-refractivity contribution in [3.05, 3.63) is 23.8 Å². The zero-order chi connectivity index (χ0) is 12.4. The van der Waals surface area contributed by atoms with E-state index < -0.39 is 18.0 Å². The second-order valence-corrected chi connectivity index (χ2v) is 3.48. The smallest absolute Gasteiger partial charge is 0.322 e. The summed E-state index contributed by atoms with van der Waals surface area (Å²) in [5.74, 6) is 0.554. The number of methoxy groups -OCH3 is 2. The third kappa shape index (κ3) is 1.89. The first kappa shape index (κ1) is 11.3. The van der Waals surface area contributed by atoms with E-state index in [0.29, 0.717) is 17.1 Å². The van der Waals surface area contributed by atoms with Crippen molar-refractivity contribution in [3.8, 4) is 11.5 Å². The van der Waals surface area contributed by atoms with Crippen LogP contribution >= 0.6 is 0 Å². The molecule has 0 unspecified atom stereocenters. The maximum absolute atomic E-state index is 11.6. The lowest BCUT2D eigenvalue weighted by molar-refractivity contribution is -0.120. The van der Waals surface area contributed by atoms with Gasteiger partial charge in [-0.2, -0.15) is 0 Å². The Hall–Kier alpha value is -2.24. The predicted molar refractivity (Wildman–Crippen MR) is 59.0 cm³/mol. The van der Waals surface area contributed by atoms with E-state index in [9.17, 15) is 9.59 Å². The first-order chi connectivity index (χ1) is 8.17. The third-order valence-corrected chi connectivity index (χ3v) is 2.52. The minimum Gasteiger partial charge on any atom is -0.493 e. The molecule has 2 rings (SSSR count). The lowest BCUT2D eigenvalue weighted by atomic mass is 10.1. The van der Waals surface area contributed by atoms with Crippen molar-refractivity contribution in [2.45, 2.75) is 6.04 Å². The van der Waals surface area contributed by atoms with Gasteiger partial charge in [0.1, 0.15) is 6.04 Å². The number of hydrogen-bond donors (Lipinski definition) is 2. The van der Waals surface area contributed by atoms with E-state index in [2.05, 4.69) is 10.6 Å². The molecular formula is C11H12N2O4. The van der Waals surface area contributed by atoms with Gasteiger partial charge in [0.15, 0.2) is 11.5 Å². The Labute approximate surface area is 97.9 Å². The summed E-state index contributed by atoms with van der Waals surface area (Å²) in [7, 11) is 2.99. The van der Waals surface area contributed by atoms with Crippen LogP contribution in [0.25, 0.3) is 0 Å². The van der Waals surface area contributed by atoms with Crippen LogP contribution < -0.4 is 20.1 Å². The Kier molecular flexibility index (Phi) is 2.86. The summed E-state index contributed by atoms with van der Waals surface area (Å²) in [5.41, 5.74) is 0.565. The van der Waals surface area contributed by atoms with Crippen LogP contribution in [0, 0.1) is 0 Å². The maximum Gasteiger partial charge on any atom is 0.322 e. The number of benzene rings is 1. The second kappa shape index (κ2) is 4.32. The molecule has 1 saturated heterocycles. The molecule has 0 aromatic heterocycles. The fourth-order valence-corrected chi connectivity index (χ4v) is 1.78. The van der Waals surface area contributed by atoms with Gasteiger partial charge in [0.2, 0.25) is 0 Å². The number of carbonyl (C=O) groups is 2. The van der Waals surface area contributed by atoms with E-state index in [1.54, 1.807) is 18.2 Å². The molecule has 1 aliphatic heterocycles.